The monoisotopic (exact) mass is 179 g/mol. The minimum Gasteiger partial charge on any atom is -1.00 e. The van der Waals surface area contributed by atoms with Crippen LogP contribution in [0.4, 0.5) is 4.79 Å². The third-order valence-electron chi connectivity index (χ3n) is 0.212. The normalized spacial score (nSPS) is 7.12. The van der Waals surface area contributed by atoms with Gasteiger partial charge in [0.05, 0.1) is 0 Å². The molecule has 0 atom stereocenters. The van der Waals surface area contributed by atoms with Gasteiger partial charge in [-0.1, -0.05) is 10.8 Å². The van der Waals surface area contributed by atoms with Crippen molar-refractivity contribution in [2.24, 2.45) is 0 Å². The third-order valence-corrected chi connectivity index (χ3v) is 1.39. The Kier molecular flexibility index (Phi) is 13.2. The smallest absolute Gasteiger partial charge is 1.00 e. The molecule has 0 aliphatic carbocycles. The minimum atomic E-state index is -1.00. The Bertz CT molecular complexity index is 75.6. The van der Waals surface area contributed by atoms with E-state index in [9.17, 15) is 4.79 Å². The maximum atomic E-state index is 9.61. The van der Waals surface area contributed by atoms with E-state index in [2.05, 4.69) is 4.72 Å². The molecule has 3 nitrogen and oxygen atoms in total. The van der Waals surface area contributed by atoms with E-state index in [1.165, 1.54) is 10.8 Å². The fourth-order valence-electron chi connectivity index (χ4n) is 0.0773. The molecule has 0 bridgehead atoms. The molecule has 1 amide bonds. The van der Waals surface area contributed by atoms with E-state index in [-0.39, 0.29) is 52.8 Å². The first-order valence-corrected chi connectivity index (χ1v) is 4.01. The van der Waals surface area contributed by atoms with Crippen molar-refractivity contribution in [3.05, 3.63) is 0 Å². The van der Waals surface area contributed by atoms with E-state index >= 15 is 0 Å². The van der Waals surface area contributed by atoms with E-state index < -0.39 is 6.09 Å². The maximum Gasteiger partial charge on any atom is 1.00 e. The van der Waals surface area contributed by atoms with Crippen molar-refractivity contribution >= 4 is 27.9 Å². The van der Waals surface area contributed by atoms with Crippen LogP contribution in [0.15, 0.2) is 0 Å². The van der Waals surface area contributed by atoms with Crippen LogP contribution in [0.2, 0.25) is 0 Å². The molecule has 0 aliphatic rings. The van der Waals surface area contributed by atoms with Crippen LogP contribution in [0.1, 0.15) is 1.43 Å². The van der Waals surface area contributed by atoms with Crippen LogP contribution in [-0.4, -0.2) is 17.5 Å². The van der Waals surface area contributed by atoms with E-state index in [0.29, 0.717) is 0 Å². The predicted molar refractivity (Wildman–Crippen MR) is 33.4 cm³/mol. The fraction of sp³-hybridized carbons (Fsp3) is 0.500. The molecular formula is C2H6KNO2S2. The number of nitrogens with one attached hydrogen (secondary N) is 1. The van der Waals surface area contributed by atoms with Crippen LogP contribution in [-0.2, 0) is 0 Å². The standard InChI is InChI=1S/C2H5NO2S2.K.H/c1-6-7-3-2(4)5;;/h3H,1H3,(H,4,5);;/q;+1;-1. The average molecular weight is 179 g/mol. The molecule has 2 N–H and O–H groups in total. The fourth-order valence-corrected chi connectivity index (χ4v) is 0.696. The zero-order chi connectivity index (χ0) is 5.70. The van der Waals surface area contributed by atoms with Crippen molar-refractivity contribution in [1.82, 2.24) is 4.72 Å². The molecule has 0 aliphatic heterocycles. The molecule has 6 heteroatoms. The van der Waals surface area contributed by atoms with Crippen LogP contribution in [0.25, 0.3) is 0 Å². The van der Waals surface area contributed by atoms with Crippen molar-refractivity contribution < 1.29 is 62.7 Å². The summed E-state index contributed by atoms with van der Waals surface area (Å²) in [4.78, 5) is 9.61. The molecule has 0 aromatic heterocycles. The molecule has 0 aromatic carbocycles. The van der Waals surface area contributed by atoms with E-state index in [4.69, 9.17) is 5.11 Å². The number of amides is 1. The SMILES string of the molecule is CSSNC(=O)O.[H-].[K+]. The van der Waals surface area contributed by atoms with E-state index in [1.807, 2.05) is 0 Å². The second kappa shape index (κ2) is 8.61. The molecule has 0 aromatic rings. The van der Waals surface area contributed by atoms with Gasteiger partial charge in [0.1, 0.15) is 0 Å². The molecule has 0 radical (unpaired) electrons. The number of carbonyl (C=O) groups is 1. The summed E-state index contributed by atoms with van der Waals surface area (Å²) in [5.41, 5.74) is 0. The van der Waals surface area contributed by atoms with Gasteiger partial charge in [-0.3, -0.25) is 4.72 Å². The Balaban J connectivity index is -0.000000180. The maximum absolute atomic E-state index is 9.61. The second-order valence-electron chi connectivity index (χ2n) is 0.657. The molecule has 0 saturated carbocycles. The molecule has 0 rings (SSSR count). The van der Waals surface area contributed by atoms with Gasteiger partial charge in [0.2, 0.25) is 0 Å². The quantitative estimate of drug-likeness (QED) is 0.301. The van der Waals surface area contributed by atoms with Gasteiger partial charge in [-0.05, 0) is 6.26 Å². The number of hydrogen-bond donors (Lipinski definition) is 2. The molecule has 0 spiro atoms. The molecule has 8 heavy (non-hydrogen) atoms. The third kappa shape index (κ3) is 10.6. The summed E-state index contributed by atoms with van der Waals surface area (Å²) in [6.07, 6.45) is 0.792. The first kappa shape index (κ1) is 12.3. The van der Waals surface area contributed by atoms with Gasteiger partial charge in [-0.2, -0.15) is 0 Å². The zero-order valence-electron chi connectivity index (χ0n) is 5.67. The first-order chi connectivity index (χ1) is 3.27. The summed E-state index contributed by atoms with van der Waals surface area (Å²) >= 11 is 0. The summed E-state index contributed by atoms with van der Waals surface area (Å²) in [7, 11) is 2.44. The van der Waals surface area contributed by atoms with E-state index in [0.717, 1.165) is 11.0 Å². The van der Waals surface area contributed by atoms with Crippen LogP contribution >= 0.6 is 21.8 Å². The van der Waals surface area contributed by atoms with Crippen LogP contribution in [0.5, 0.6) is 0 Å². The summed E-state index contributed by atoms with van der Waals surface area (Å²) in [6.45, 7) is 0. The Labute approximate surface area is 99.8 Å². The number of carboxylic acid groups (broad SMARTS) is 1. The molecule has 0 unspecified atom stereocenters. The Morgan fingerprint density at radius 1 is 1.88 bits per heavy atom. The van der Waals surface area contributed by atoms with Crippen molar-refractivity contribution in [2.45, 2.75) is 0 Å². The second-order valence-corrected chi connectivity index (χ2v) is 2.86. The number of hydrogen-bond acceptors (Lipinski definition) is 3. The van der Waals surface area contributed by atoms with Crippen LogP contribution in [0, 0.1) is 0 Å². The van der Waals surface area contributed by atoms with Crippen molar-refractivity contribution in [3.8, 4) is 0 Å². The molecule has 0 saturated heterocycles. The van der Waals surface area contributed by atoms with Gasteiger partial charge in [-0.25, -0.2) is 4.79 Å². The zero-order valence-corrected chi connectivity index (χ0v) is 9.43. The van der Waals surface area contributed by atoms with E-state index in [1.54, 1.807) is 6.26 Å². The van der Waals surface area contributed by atoms with Crippen molar-refractivity contribution in [2.75, 3.05) is 6.26 Å². The molecule has 0 heterocycles. The van der Waals surface area contributed by atoms with Crippen LogP contribution < -0.4 is 56.1 Å². The van der Waals surface area contributed by atoms with Crippen LogP contribution in [0.3, 0.4) is 0 Å². The van der Waals surface area contributed by atoms with Gasteiger partial charge >= 0.3 is 57.5 Å². The van der Waals surface area contributed by atoms with Crippen molar-refractivity contribution in [1.29, 1.82) is 0 Å². The Hall–Kier alpha value is 1.61. The summed E-state index contributed by atoms with van der Waals surface area (Å²) in [5.74, 6) is 0. The Morgan fingerprint density at radius 3 is 2.50 bits per heavy atom. The molecular weight excluding hydrogens is 173 g/mol. The minimum absolute atomic E-state index is 0. The van der Waals surface area contributed by atoms with Crippen molar-refractivity contribution in [3.63, 3.8) is 0 Å². The van der Waals surface area contributed by atoms with Gasteiger partial charge in [0.25, 0.3) is 0 Å². The van der Waals surface area contributed by atoms with Gasteiger partial charge < -0.3 is 6.53 Å². The Morgan fingerprint density at radius 2 is 2.38 bits per heavy atom. The largest absolute Gasteiger partial charge is 1.00 e. The summed E-state index contributed by atoms with van der Waals surface area (Å²) in [5, 5.41) is 7.90. The average Bonchev–Trinajstić information content (AvgIpc) is 1.61. The van der Waals surface area contributed by atoms with Gasteiger partial charge in [0.15, 0.2) is 0 Å². The first-order valence-electron chi connectivity index (χ1n) is 1.46. The van der Waals surface area contributed by atoms with Gasteiger partial charge in [0, 0.05) is 11.0 Å². The summed E-state index contributed by atoms with van der Waals surface area (Å²) < 4.78 is 2.09. The van der Waals surface area contributed by atoms with Gasteiger partial charge in [-0.15, -0.1) is 0 Å². The summed E-state index contributed by atoms with van der Waals surface area (Å²) in [6, 6.07) is 0. The number of rotatable bonds is 2. The topological polar surface area (TPSA) is 49.3 Å². The molecule has 44 valence electrons. The molecule has 0 fully saturated rings. The predicted octanol–water partition coefficient (Wildman–Crippen LogP) is -1.70.